The molecule has 1 atom stereocenters. The predicted octanol–water partition coefficient (Wildman–Crippen LogP) is 1.46. The van der Waals surface area contributed by atoms with Crippen molar-refractivity contribution in [1.29, 1.82) is 0 Å². The summed E-state index contributed by atoms with van der Waals surface area (Å²) >= 11 is 1.28. The number of benzene rings is 1. The molecule has 2 amide bonds. The number of anilines is 1. The van der Waals surface area contributed by atoms with Crippen LogP contribution in [0.4, 0.5) is 5.69 Å². The van der Waals surface area contributed by atoms with Gasteiger partial charge in [-0.15, -0.1) is 0 Å². The van der Waals surface area contributed by atoms with Crippen molar-refractivity contribution in [2.45, 2.75) is 18.2 Å². The minimum Gasteiger partial charge on any atom is -0.449 e. The summed E-state index contributed by atoms with van der Waals surface area (Å²) < 4.78 is 11.9. The molecule has 0 aliphatic rings. The summed E-state index contributed by atoms with van der Waals surface area (Å²) in [4.78, 5) is 40.8. The van der Waals surface area contributed by atoms with E-state index < -0.39 is 18.0 Å². The van der Waals surface area contributed by atoms with Crippen LogP contribution < -0.4 is 10.6 Å². The van der Waals surface area contributed by atoms with Crippen LogP contribution >= 0.6 is 11.8 Å². The molecule has 0 saturated carbocycles. The molecule has 0 saturated heterocycles. The molecule has 1 heterocycles. The molecule has 1 aromatic carbocycles. The number of carbonyl (C=O) groups excluding carboxylic acids is 3. The monoisotopic (exact) mass is 420 g/mol. The van der Waals surface area contributed by atoms with Crippen molar-refractivity contribution in [3.05, 3.63) is 42.2 Å². The lowest BCUT2D eigenvalue weighted by atomic mass is 10.1. The highest BCUT2D eigenvalue weighted by molar-refractivity contribution is 7.99. The topological polar surface area (TPSA) is 112 Å². The molecular weight excluding hydrogens is 396 g/mol. The number of esters is 1. The number of amides is 2. The summed E-state index contributed by atoms with van der Waals surface area (Å²) in [5, 5.41) is 6.01. The zero-order valence-corrected chi connectivity index (χ0v) is 17.3. The molecule has 0 aliphatic carbocycles. The number of methoxy groups -OCH3 is 1. The van der Waals surface area contributed by atoms with Crippen molar-refractivity contribution in [3.8, 4) is 0 Å². The van der Waals surface area contributed by atoms with Crippen LogP contribution in [0.5, 0.6) is 0 Å². The van der Waals surface area contributed by atoms with E-state index in [9.17, 15) is 14.4 Å². The second-order valence-corrected chi connectivity index (χ2v) is 6.98. The second-order valence-electron chi connectivity index (χ2n) is 6.03. The maximum atomic E-state index is 12.5. The van der Waals surface area contributed by atoms with Gasteiger partial charge < -0.3 is 24.7 Å². The van der Waals surface area contributed by atoms with E-state index in [1.807, 2.05) is 11.6 Å². The Morgan fingerprint density at radius 3 is 2.72 bits per heavy atom. The lowest BCUT2D eigenvalue weighted by Crippen LogP contribution is -2.37. The number of nitrogens with zero attached hydrogens (tertiary/aromatic N) is 2. The molecule has 9 nitrogen and oxygen atoms in total. The maximum Gasteiger partial charge on any atom is 0.341 e. The second kappa shape index (κ2) is 11.2. The first-order chi connectivity index (χ1) is 13.9. The molecular formula is C19H24N4O5S. The van der Waals surface area contributed by atoms with Crippen LogP contribution in [0.2, 0.25) is 0 Å². The van der Waals surface area contributed by atoms with E-state index >= 15 is 0 Å². The number of aryl methyl sites for hydroxylation is 1. The highest BCUT2D eigenvalue weighted by Gasteiger charge is 2.21. The summed E-state index contributed by atoms with van der Waals surface area (Å²) in [6, 6.07) is 6.47. The van der Waals surface area contributed by atoms with E-state index in [1.165, 1.54) is 31.9 Å². The average Bonchev–Trinajstić information content (AvgIpc) is 3.11. The van der Waals surface area contributed by atoms with Gasteiger partial charge in [-0.25, -0.2) is 9.78 Å². The number of imidazole rings is 1. The van der Waals surface area contributed by atoms with Crippen molar-refractivity contribution in [2.24, 2.45) is 7.05 Å². The van der Waals surface area contributed by atoms with Crippen molar-refractivity contribution in [1.82, 2.24) is 14.9 Å². The number of thioether (sulfide) groups is 1. The van der Waals surface area contributed by atoms with Gasteiger partial charge in [0, 0.05) is 33.1 Å². The molecule has 0 aliphatic heterocycles. The molecule has 2 rings (SSSR count). The number of carbonyl (C=O) groups is 3. The first-order valence-corrected chi connectivity index (χ1v) is 9.87. The number of para-hydroxylation sites is 1. The predicted molar refractivity (Wildman–Crippen MR) is 109 cm³/mol. The van der Waals surface area contributed by atoms with E-state index in [1.54, 1.807) is 30.6 Å². The van der Waals surface area contributed by atoms with Crippen molar-refractivity contribution >= 4 is 35.2 Å². The Morgan fingerprint density at radius 2 is 2.03 bits per heavy atom. The van der Waals surface area contributed by atoms with Gasteiger partial charge in [0.25, 0.3) is 5.91 Å². The van der Waals surface area contributed by atoms with Crippen LogP contribution in [0.25, 0.3) is 0 Å². The standard InChI is InChI=1S/C19H24N4O5S/c1-13(17(25)20-9-11-27-3)28-18(26)14-6-4-5-7-15(14)22-16(24)12-29-19-21-8-10-23(19)2/h4-8,10,13H,9,11-12H2,1-3H3,(H,20,25)(H,22,24)/t13-/m0/s1. The van der Waals surface area contributed by atoms with Gasteiger partial charge in [0.1, 0.15) is 0 Å². The summed E-state index contributed by atoms with van der Waals surface area (Å²) in [5.41, 5.74) is 0.481. The normalized spacial score (nSPS) is 11.6. The molecule has 29 heavy (non-hydrogen) atoms. The third kappa shape index (κ3) is 6.91. The number of ether oxygens (including phenoxy) is 2. The first kappa shape index (κ1) is 22.4. The van der Waals surface area contributed by atoms with Crippen LogP contribution in [0, 0.1) is 0 Å². The maximum absolute atomic E-state index is 12.5. The Bertz CT molecular complexity index is 855. The fraction of sp³-hybridized carbons (Fsp3) is 0.368. The summed E-state index contributed by atoms with van der Waals surface area (Å²) in [6.07, 6.45) is 2.46. The van der Waals surface area contributed by atoms with Crippen LogP contribution in [-0.2, 0) is 26.1 Å². The van der Waals surface area contributed by atoms with E-state index in [2.05, 4.69) is 15.6 Å². The van der Waals surface area contributed by atoms with Crippen molar-refractivity contribution < 1.29 is 23.9 Å². The smallest absolute Gasteiger partial charge is 0.341 e. The van der Waals surface area contributed by atoms with Crippen LogP contribution in [0.15, 0.2) is 41.8 Å². The minimum absolute atomic E-state index is 0.131. The van der Waals surface area contributed by atoms with Gasteiger partial charge in [-0.1, -0.05) is 23.9 Å². The lowest BCUT2D eigenvalue weighted by Gasteiger charge is -2.15. The fourth-order valence-corrected chi connectivity index (χ4v) is 3.01. The van der Waals surface area contributed by atoms with E-state index in [-0.39, 0.29) is 17.2 Å². The highest BCUT2D eigenvalue weighted by Crippen LogP contribution is 2.19. The zero-order chi connectivity index (χ0) is 21.2. The Morgan fingerprint density at radius 1 is 1.28 bits per heavy atom. The summed E-state index contributed by atoms with van der Waals surface area (Å²) in [6.45, 7) is 2.15. The Balaban J connectivity index is 1.94. The van der Waals surface area contributed by atoms with E-state index in [0.29, 0.717) is 24.0 Å². The SMILES string of the molecule is COCCNC(=O)[C@H](C)OC(=O)c1ccccc1NC(=O)CSc1nccn1C. The fourth-order valence-electron chi connectivity index (χ4n) is 2.28. The first-order valence-electron chi connectivity index (χ1n) is 8.89. The molecule has 1 aromatic heterocycles. The summed E-state index contributed by atoms with van der Waals surface area (Å²) in [5.74, 6) is -1.29. The van der Waals surface area contributed by atoms with Gasteiger partial charge in [-0.3, -0.25) is 9.59 Å². The van der Waals surface area contributed by atoms with Gasteiger partial charge in [0.05, 0.1) is 23.6 Å². The molecule has 10 heteroatoms. The Hall–Kier alpha value is -2.85. The van der Waals surface area contributed by atoms with Crippen LogP contribution in [-0.4, -0.2) is 59.5 Å². The molecule has 2 N–H and O–H groups in total. The third-order valence-corrected chi connectivity index (χ3v) is 4.85. The minimum atomic E-state index is -0.984. The number of hydrogen-bond donors (Lipinski definition) is 2. The number of hydrogen-bond acceptors (Lipinski definition) is 7. The van der Waals surface area contributed by atoms with E-state index in [0.717, 1.165) is 0 Å². The van der Waals surface area contributed by atoms with Gasteiger partial charge in [-0.2, -0.15) is 0 Å². The molecule has 0 unspecified atom stereocenters. The third-order valence-electron chi connectivity index (χ3n) is 3.79. The van der Waals surface area contributed by atoms with Gasteiger partial charge in [-0.05, 0) is 19.1 Å². The molecule has 156 valence electrons. The van der Waals surface area contributed by atoms with Gasteiger partial charge in [0.2, 0.25) is 5.91 Å². The van der Waals surface area contributed by atoms with Gasteiger partial charge >= 0.3 is 5.97 Å². The van der Waals surface area contributed by atoms with Crippen LogP contribution in [0.3, 0.4) is 0 Å². The van der Waals surface area contributed by atoms with Gasteiger partial charge in [0.15, 0.2) is 11.3 Å². The molecule has 0 fully saturated rings. The summed E-state index contributed by atoms with van der Waals surface area (Å²) in [7, 11) is 3.36. The average molecular weight is 420 g/mol. The molecule has 0 spiro atoms. The number of nitrogens with one attached hydrogen (secondary N) is 2. The van der Waals surface area contributed by atoms with Crippen molar-refractivity contribution in [2.75, 3.05) is 31.3 Å². The zero-order valence-electron chi connectivity index (χ0n) is 16.5. The highest BCUT2D eigenvalue weighted by atomic mass is 32.2. The molecule has 2 aromatic rings. The van der Waals surface area contributed by atoms with Crippen LogP contribution in [0.1, 0.15) is 17.3 Å². The van der Waals surface area contributed by atoms with Crippen molar-refractivity contribution in [3.63, 3.8) is 0 Å². The largest absolute Gasteiger partial charge is 0.449 e. The molecule has 0 radical (unpaired) electrons. The Kier molecular flexibility index (Phi) is 8.68. The number of rotatable bonds is 10. The Labute approximate surface area is 173 Å². The lowest BCUT2D eigenvalue weighted by molar-refractivity contribution is -0.129. The molecule has 0 bridgehead atoms. The quantitative estimate of drug-likeness (QED) is 0.340. The van der Waals surface area contributed by atoms with E-state index in [4.69, 9.17) is 9.47 Å². The number of aromatic nitrogens is 2.